The number of carbonyl (C=O) groups excluding carboxylic acids is 1. The molecular formula is C17H16Cl3NOS. The van der Waals surface area contributed by atoms with Crippen molar-refractivity contribution in [3.05, 3.63) is 68.7 Å². The van der Waals surface area contributed by atoms with Crippen LogP contribution in [0.15, 0.2) is 42.5 Å². The molecule has 0 aliphatic heterocycles. The fourth-order valence-corrected chi connectivity index (χ4v) is 3.61. The molecule has 0 bridgehead atoms. The molecule has 1 N–H and O–H groups in total. The number of rotatable bonds is 7. The second kappa shape index (κ2) is 9.43. The van der Waals surface area contributed by atoms with Gasteiger partial charge in [0.1, 0.15) is 0 Å². The normalized spacial score (nSPS) is 10.6. The summed E-state index contributed by atoms with van der Waals surface area (Å²) >= 11 is 19.6. The number of thioether (sulfide) groups is 1. The lowest BCUT2D eigenvalue weighted by atomic mass is 10.1. The van der Waals surface area contributed by atoms with Gasteiger partial charge in [-0.05, 0) is 35.4 Å². The van der Waals surface area contributed by atoms with Gasteiger partial charge in [0.05, 0.1) is 6.42 Å². The minimum Gasteiger partial charge on any atom is -0.355 e. The molecular weight excluding hydrogens is 373 g/mol. The molecule has 0 fully saturated rings. The van der Waals surface area contributed by atoms with E-state index >= 15 is 0 Å². The lowest BCUT2D eigenvalue weighted by Gasteiger charge is -2.07. The molecule has 2 nitrogen and oxygen atoms in total. The summed E-state index contributed by atoms with van der Waals surface area (Å²) in [6.07, 6.45) is 0.342. The van der Waals surface area contributed by atoms with Crippen LogP contribution in [0.25, 0.3) is 0 Å². The number of halogens is 3. The van der Waals surface area contributed by atoms with E-state index < -0.39 is 0 Å². The molecule has 0 unspecified atom stereocenters. The van der Waals surface area contributed by atoms with Gasteiger partial charge in [-0.15, -0.1) is 0 Å². The monoisotopic (exact) mass is 387 g/mol. The third kappa shape index (κ3) is 6.64. The number of amides is 1. The molecule has 0 atom stereocenters. The SMILES string of the molecule is O=C(Cc1cccc(Cl)c1)NCCSCc1ccc(Cl)cc1Cl. The Balaban J connectivity index is 1.66. The molecule has 0 spiro atoms. The third-order valence-corrected chi connectivity index (χ3v) is 4.92. The summed E-state index contributed by atoms with van der Waals surface area (Å²) in [7, 11) is 0. The molecule has 122 valence electrons. The standard InChI is InChI=1S/C17H16Cl3NOS/c18-14-3-1-2-12(8-14)9-17(22)21-6-7-23-11-13-4-5-15(19)10-16(13)20/h1-5,8,10H,6-7,9,11H2,(H,21,22). The summed E-state index contributed by atoms with van der Waals surface area (Å²) < 4.78 is 0. The Morgan fingerprint density at radius 2 is 1.83 bits per heavy atom. The summed E-state index contributed by atoms with van der Waals surface area (Å²) in [6.45, 7) is 0.620. The van der Waals surface area contributed by atoms with Gasteiger partial charge < -0.3 is 5.32 Å². The zero-order chi connectivity index (χ0) is 16.7. The summed E-state index contributed by atoms with van der Waals surface area (Å²) in [6, 6.07) is 12.8. The van der Waals surface area contributed by atoms with Crippen LogP contribution in [0, 0.1) is 0 Å². The van der Waals surface area contributed by atoms with Gasteiger partial charge in [0.25, 0.3) is 0 Å². The topological polar surface area (TPSA) is 29.1 Å². The van der Waals surface area contributed by atoms with Crippen LogP contribution in [0.1, 0.15) is 11.1 Å². The minimum absolute atomic E-state index is 0.00241. The van der Waals surface area contributed by atoms with Crippen LogP contribution < -0.4 is 5.32 Å². The van der Waals surface area contributed by atoms with Crippen LogP contribution in [0.2, 0.25) is 15.1 Å². The first-order chi connectivity index (χ1) is 11.0. The highest BCUT2D eigenvalue weighted by Crippen LogP contribution is 2.24. The molecule has 0 radical (unpaired) electrons. The highest BCUT2D eigenvalue weighted by Gasteiger charge is 2.04. The minimum atomic E-state index is -0.00241. The largest absolute Gasteiger partial charge is 0.355 e. The molecule has 0 aliphatic carbocycles. The Kier molecular flexibility index (Phi) is 7.57. The zero-order valence-electron chi connectivity index (χ0n) is 12.3. The quantitative estimate of drug-likeness (QED) is 0.657. The van der Waals surface area contributed by atoms with Gasteiger partial charge in [-0.3, -0.25) is 4.79 Å². The van der Waals surface area contributed by atoms with Crippen molar-refractivity contribution in [2.24, 2.45) is 0 Å². The highest BCUT2D eigenvalue weighted by atomic mass is 35.5. The fraction of sp³-hybridized carbons (Fsp3) is 0.235. The van der Waals surface area contributed by atoms with Crippen molar-refractivity contribution in [2.75, 3.05) is 12.3 Å². The van der Waals surface area contributed by atoms with Crippen LogP contribution in [0.3, 0.4) is 0 Å². The second-order valence-corrected chi connectivity index (χ2v) is 7.33. The molecule has 2 aromatic carbocycles. The lowest BCUT2D eigenvalue weighted by molar-refractivity contribution is -0.120. The van der Waals surface area contributed by atoms with Gasteiger partial charge in [-0.1, -0.05) is 53.0 Å². The van der Waals surface area contributed by atoms with E-state index in [0.29, 0.717) is 28.0 Å². The number of carbonyl (C=O) groups is 1. The van der Waals surface area contributed by atoms with Crippen LogP contribution in [-0.2, 0) is 17.0 Å². The summed E-state index contributed by atoms with van der Waals surface area (Å²) in [5.74, 6) is 1.61. The summed E-state index contributed by atoms with van der Waals surface area (Å²) in [4.78, 5) is 11.8. The number of hydrogen-bond donors (Lipinski definition) is 1. The Bertz CT molecular complexity index is 679. The zero-order valence-corrected chi connectivity index (χ0v) is 15.4. The van der Waals surface area contributed by atoms with Gasteiger partial charge in [-0.2, -0.15) is 11.8 Å². The maximum absolute atomic E-state index is 11.8. The van der Waals surface area contributed by atoms with E-state index in [1.807, 2.05) is 24.3 Å². The van der Waals surface area contributed by atoms with E-state index in [-0.39, 0.29) is 5.91 Å². The smallest absolute Gasteiger partial charge is 0.224 e. The molecule has 6 heteroatoms. The Morgan fingerprint density at radius 3 is 2.57 bits per heavy atom. The van der Waals surface area contributed by atoms with Crippen molar-refractivity contribution in [3.63, 3.8) is 0 Å². The van der Waals surface area contributed by atoms with Crippen LogP contribution in [-0.4, -0.2) is 18.2 Å². The summed E-state index contributed by atoms with van der Waals surface area (Å²) in [5, 5.41) is 4.86. The van der Waals surface area contributed by atoms with E-state index in [1.54, 1.807) is 30.0 Å². The van der Waals surface area contributed by atoms with Crippen molar-refractivity contribution < 1.29 is 4.79 Å². The van der Waals surface area contributed by atoms with E-state index in [0.717, 1.165) is 22.6 Å². The van der Waals surface area contributed by atoms with Crippen LogP contribution in [0.5, 0.6) is 0 Å². The second-order valence-electron chi connectivity index (χ2n) is 4.94. The van der Waals surface area contributed by atoms with Gasteiger partial charge >= 0.3 is 0 Å². The molecule has 0 aromatic heterocycles. The van der Waals surface area contributed by atoms with E-state index in [1.165, 1.54) is 0 Å². The van der Waals surface area contributed by atoms with E-state index in [9.17, 15) is 4.79 Å². The van der Waals surface area contributed by atoms with Crippen molar-refractivity contribution in [2.45, 2.75) is 12.2 Å². The molecule has 2 aromatic rings. The van der Waals surface area contributed by atoms with Gasteiger partial charge in [0.15, 0.2) is 0 Å². The Morgan fingerprint density at radius 1 is 1.04 bits per heavy atom. The van der Waals surface area contributed by atoms with E-state index in [4.69, 9.17) is 34.8 Å². The van der Waals surface area contributed by atoms with Gasteiger partial charge in [0.2, 0.25) is 5.91 Å². The molecule has 0 aliphatic rings. The van der Waals surface area contributed by atoms with Crippen molar-refractivity contribution in [1.29, 1.82) is 0 Å². The molecule has 0 saturated carbocycles. The maximum Gasteiger partial charge on any atom is 0.224 e. The van der Waals surface area contributed by atoms with Gasteiger partial charge in [0, 0.05) is 33.1 Å². The van der Waals surface area contributed by atoms with Gasteiger partial charge in [-0.25, -0.2) is 0 Å². The average Bonchev–Trinajstić information content (AvgIpc) is 2.49. The maximum atomic E-state index is 11.8. The Hall–Kier alpha value is -0.870. The molecule has 23 heavy (non-hydrogen) atoms. The number of hydrogen-bond acceptors (Lipinski definition) is 2. The predicted molar refractivity (Wildman–Crippen MR) is 101 cm³/mol. The first kappa shape index (κ1) is 18.5. The predicted octanol–water partition coefficient (Wildman–Crippen LogP) is 5.24. The molecule has 1 amide bonds. The summed E-state index contributed by atoms with van der Waals surface area (Å²) in [5.41, 5.74) is 1.96. The Labute approximate surface area is 155 Å². The van der Waals surface area contributed by atoms with E-state index in [2.05, 4.69) is 5.32 Å². The molecule has 2 rings (SSSR count). The first-order valence-corrected chi connectivity index (χ1v) is 9.36. The van der Waals surface area contributed by atoms with Crippen molar-refractivity contribution in [3.8, 4) is 0 Å². The third-order valence-electron chi connectivity index (χ3n) is 3.09. The average molecular weight is 389 g/mol. The first-order valence-electron chi connectivity index (χ1n) is 7.07. The molecule has 0 heterocycles. The van der Waals surface area contributed by atoms with Crippen LogP contribution >= 0.6 is 46.6 Å². The van der Waals surface area contributed by atoms with Crippen molar-refractivity contribution >= 4 is 52.5 Å². The number of benzene rings is 2. The number of nitrogens with one attached hydrogen (secondary N) is 1. The molecule has 0 saturated heterocycles. The fourth-order valence-electron chi connectivity index (χ4n) is 1.98. The van der Waals surface area contributed by atoms with Crippen LogP contribution in [0.4, 0.5) is 0 Å². The highest BCUT2D eigenvalue weighted by molar-refractivity contribution is 7.98. The lowest BCUT2D eigenvalue weighted by Crippen LogP contribution is -2.27. The van der Waals surface area contributed by atoms with Crippen molar-refractivity contribution in [1.82, 2.24) is 5.32 Å².